The molecule has 0 aliphatic heterocycles. The Morgan fingerprint density at radius 3 is 2.87 bits per heavy atom. The van der Waals surface area contributed by atoms with Gasteiger partial charge >= 0.3 is 0 Å². The van der Waals surface area contributed by atoms with Crippen LogP contribution in [0, 0.1) is 6.92 Å². The molecule has 15 heavy (non-hydrogen) atoms. The number of nitrogens with zero attached hydrogens (tertiary/aromatic N) is 2. The fourth-order valence-electron chi connectivity index (χ4n) is 1.51. The molecule has 0 saturated carbocycles. The van der Waals surface area contributed by atoms with Crippen LogP contribution in [0.1, 0.15) is 11.1 Å². The van der Waals surface area contributed by atoms with Gasteiger partial charge in [0.2, 0.25) is 0 Å². The van der Waals surface area contributed by atoms with Crippen molar-refractivity contribution in [3.8, 4) is 5.69 Å². The molecule has 0 atom stereocenters. The van der Waals surface area contributed by atoms with Crippen LogP contribution in [0.2, 0.25) is 5.02 Å². The maximum Gasteiger partial charge on any atom is 0.0705 e. The van der Waals surface area contributed by atoms with Crippen LogP contribution in [0.25, 0.3) is 5.69 Å². The molecule has 0 bridgehead atoms. The zero-order valence-electron chi connectivity index (χ0n) is 8.44. The molecule has 0 radical (unpaired) electrons. The topological polar surface area (TPSA) is 43.8 Å². The maximum atomic E-state index is 6.07. The first kappa shape index (κ1) is 10.2. The molecule has 0 fully saturated rings. The van der Waals surface area contributed by atoms with Crippen molar-refractivity contribution >= 4 is 11.6 Å². The fraction of sp³-hybridized carbons (Fsp3) is 0.182. The Hall–Kier alpha value is -1.32. The average molecular weight is 222 g/mol. The van der Waals surface area contributed by atoms with E-state index < -0.39 is 0 Å². The van der Waals surface area contributed by atoms with Gasteiger partial charge in [-0.1, -0.05) is 17.7 Å². The van der Waals surface area contributed by atoms with Gasteiger partial charge in [0.25, 0.3) is 0 Å². The number of rotatable bonds is 2. The fourth-order valence-corrected chi connectivity index (χ4v) is 1.76. The maximum absolute atomic E-state index is 6.07. The molecule has 1 aromatic heterocycles. The minimum atomic E-state index is 0.411. The molecule has 2 N–H and O–H groups in total. The first-order chi connectivity index (χ1) is 7.22. The van der Waals surface area contributed by atoms with Gasteiger partial charge in [0, 0.05) is 23.3 Å². The summed E-state index contributed by atoms with van der Waals surface area (Å²) in [5.74, 6) is 0. The summed E-state index contributed by atoms with van der Waals surface area (Å²) in [7, 11) is 0. The Balaban J connectivity index is 2.57. The van der Waals surface area contributed by atoms with E-state index >= 15 is 0 Å². The second-order valence-corrected chi connectivity index (χ2v) is 3.81. The highest BCUT2D eigenvalue weighted by Crippen LogP contribution is 2.22. The lowest BCUT2D eigenvalue weighted by atomic mass is 10.2. The molecule has 1 aromatic carbocycles. The number of aromatic nitrogens is 2. The van der Waals surface area contributed by atoms with Gasteiger partial charge in [-0.2, -0.15) is 5.10 Å². The molecule has 78 valence electrons. The predicted octanol–water partition coefficient (Wildman–Crippen LogP) is 2.29. The first-order valence-corrected chi connectivity index (χ1v) is 5.09. The lowest BCUT2D eigenvalue weighted by Crippen LogP contribution is -2.05. The zero-order valence-corrected chi connectivity index (χ0v) is 9.20. The van der Waals surface area contributed by atoms with Crippen molar-refractivity contribution in [2.24, 2.45) is 5.73 Å². The molecular formula is C11H12ClN3. The average Bonchev–Trinajstić information content (AvgIpc) is 2.64. The molecule has 2 aromatic rings. The SMILES string of the molecule is Cc1cnn(-c2cccc(Cl)c2CN)c1. The summed E-state index contributed by atoms with van der Waals surface area (Å²) in [6.07, 6.45) is 3.76. The second kappa shape index (κ2) is 4.04. The normalized spacial score (nSPS) is 10.6. The van der Waals surface area contributed by atoms with Crippen LogP contribution in [0.4, 0.5) is 0 Å². The second-order valence-electron chi connectivity index (χ2n) is 3.40. The van der Waals surface area contributed by atoms with Gasteiger partial charge in [-0.25, -0.2) is 4.68 Å². The quantitative estimate of drug-likeness (QED) is 0.846. The van der Waals surface area contributed by atoms with E-state index in [1.54, 1.807) is 10.9 Å². The summed E-state index contributed by atoms with van der Waals surface area (Å²) >= 11 is 6.07. The van der Waals surface area contributed by atoms with E-state index in [9.17, 15) is 0 Å². The van der Waals surface area contributed by atoms with Crippen molar-refractivity contribution in [2.75, 3.05) is 0 Å². The molecule has 3 nitrogen and oxygen atoms in total. The number of hydrogen-bond acceptors (Lipinski definition) is 2. The van der Waals surface area contributed by atoms with Gasteiger partial charge in [0.15, 0.2) is 0 Å². The van der Waals surface area contributed by atoms with E-state index in [0.717, 1.165) is 16.8 Å². The van der Waals surface area contributed by atoms with Gasteiger partial charge in [-0.15, -0.1) is 0 Å². The number of halogens is 1. The van der Waals surface area contributed by atoms with Crippen LogP contribution >= 0.6 is 11.6 Å². The number of benzene rings is 1. The van der Waals surface area contributed by atoms with Crippen LogP contribution in [0.3, 0.4) is 0 Å². The molecule has 4 heteroatoms. The van der Waals surface area contributed by atoms with Crippen molar-refractivity contribution in [3.05, 3.63) is 46.7 Å². The van der Waals surface area contributed by atoms with E-state index in [1.165, 1.54) is 0 Å². The van der Waals surface area contributed by atoms with E-state index in [4.69, 9.17) is 17.3 Å². The Bertz CT molecular complexity index is 476. The third-order valence-corrected chi connectivity index (χ3v) is 2.61. The molecule has 0 spiro atoms. The third kappa shape index (κ3) is 1.89. The standard InChI is InChI=1S/C11H12ClN3/c1-8-6-14-15(7-8)11-4-2-3-10(12)9(11)5-13/h2-4,6-7H,5,13H2,1H3. The molecule has 2 rings (SSSR count). The van der Waals surface area contributed by atoms with Crippen molar-refractivity contribution in [1.82, 2.24) is 9.78 Å². The van der Waals surface area contributed by atoms with Gasteiger partial charge < -0.3 is 5.73 Å². The van der Waals surface area contributed by atoms with E-state index in [-0.39, 0.29) is 0 Å². The lowest BCUT2D eigenvalue weighted by Gasteiger charge is -2.09. The minimum Gasteiger partial charge on any atom is -0.326 e. The largest absolute Gasteiger partial charge is 0.326 e. The Labute approximate surface area is 93.5 Å². The third-order valence-electron chi connectivity index (χ3n) is 2.26. The van der Waals surface area contributed by atoms with Gasteiger partial charge in [0.05, 0.1) is 11.9 Å². The molecule has 0 aliphatic carbocycles. The summed E-state index contributed by atoms with van der Waals surface area (Å²) < 4.78 is 1.80. The van der Waals surface area contributed by atoms with Crippen LogP contribution in [-0.2, 0) is 6.54 Å². The number of aryl methyl sites for hydroxylation is 1. The van der Waals surface area contributed by atoms with Crippen molar-refractivity contribution < 1.29 is 0 Å². The predicted molar refractivity (Wildman–Crippen MR) is 61.2 cm³/mol. The number of nitrogens with two attached hydrogens (primary N) is 1. The molecule has 1 heterocycles. The van der Waals surface area contributed by atoms with Crippen LogP contribution in [0.5, 0.6) is 0 Å². The smallest absolute Gasteiger partial charge is 0.0705 e. The van der Waals surface area contributed by atoms with E-state index in [2.05, 4.69) is 5.10 Å². The zero-order chi connectivity index (χ0) is 10.8. The Morgan fingerprint density at radius 1 is 1.47 bits per heavy atom. The van der Waals surface area contributed by atoms with E-state index in [1.807, 2.05) is 31.3 Å². The first-order valence-electron chi connectivity index (χ1n) is 4.71. The summed E-state index contributed by atoms with van der Waals surface area (Å²) in [6, 6.07) is 5.69. The highest BCUT2D eigenvalue weighted by Gasteiger charge is 2.07. The van der Waals surface area contributed by atoms with Gasteiger partial charge in [0.1, 0.15) is 0 Å². The van der Waals surface area contributed by atoms with Crippen LogP contribution in [-0.4, -0.2) is 9.78 Å². The van der Waals surface area contributed by atoms with E-state index in [0.29, 0.717) is 11.6 Å². The lowest BCUT2D eigenvalue weighted by molar-refractivity contribution is 0.858. The highest BCUT2D eigenvalue weighted by atomic mass is 35.5. The molecule has 0 amide bonds. The molecule has 0 saturated heterocycles. The van der Waals surface area contributed by atoms with Crippen LogP contribution < -0.4 is 5.73 Å². The Morgan fingerprint density at radius 2 is 2.27 bits per heavy atom. The monoisotopic (exact) mass is 221 g/mol. The number of hydrogen-bond donors (Lipinski definition) is 1. The molecule has 0 aliphatic rings. The Kier molecular flexibility index (Phi) is 2.75. The summed E-state index contributed by atoms with van der Waals surface area (Å²) in [5, 5.41) is 4.92. The van der Waals surface area contributed by atoms with Gasteiger partial charge in [-0.05, 0) is 24.6 Å². The van der Waals surface area contributed by atoms with Crippen molar-refractivity contribution in [1.29, 1.82) is 0 Å². The van der Waals surface area contributed by atoms with Crippen molar-refractivity contribution in [2.45, 2.75) is 13.5 Å². The minimum absolute atomic E-state index is 0.411. The van der Waals surface area contributed by atoms with Crippen molar-refractivity contribution in [3.63, 3.8) is 0 Å². The van der Waals surface area contributed by atoms with Gasteiger partial charge in [-0.3, -0.25) is 0 Å². The molecule has 0 unspecified atom stereocenters. The summed E-state index contributed by atoms with van der Waals surface area (Å²) in [4.78, 5) is 0. The summed E-state index contributed by atoms with van der Waals surface area (Å²) in [5.41, 5.74) is 8.64. The van der Waals surface area contributed by atoms with Crippen LogP contribution in [0.15, 0.2) is 30.6 Å². The highest BCUT2D eigenvalue weighted by molar-refractivity contribution is 6.31. The summed E-state index contributed by atoms with van der Waals surface area (Å²) in [6.45, 7) is 2.41. The molecular weight excluding hydrogens is 210 g/mol.